The Morgan fingerprint density at radius 2 is 2.12 bits per heavy atom. The van der Waals surface area contributed by atoms with Crippen LogP contribution < -0.4 is 5.32 Å². The molecule has 0 fully saturated rings. The van der Waals surface area contributed by atoms with Crippen molar-refractivity contribution in [3.05, 3.63) is 23.8 Å². The van der Waals surface area contributed by atoms with Crippen LogP contribution in [-0.2, 0) is 0 Å². The van der Waals surface area contributed by atoms with E-state index >= 15 is 0 Å². The highest BCUT2D eigenvalue weighted by atomic mass is 16.4. The van der Waals surface area contributed by atoms with Crippen LogP contribution in [0.5, 0.6) is 0 Å². The van der Waals surface area contributed by atoms with Gasteiger partial charge < -0.3 is 14.2 Å². The van der Waals surface area contributed by atoms with Gasteiger partial charge in [0.25, 0.3) is 5.89 Å². The molecule has 1 atom stereocenters. The number of hydrogen-bond acceptors (Lipinski definition) is 5. The average Bonchev–Trinajstić information content (AvgIpc) is 2.93. The third kappa shape index (κ3) is 2.74. The first-order valence-corrected chi connectivity index (χ1v) is 5.84. The van der Waals surface area contributed by atoms with E-state index in [9.17, 15) is 0 Å². The first-order valence-electron chi connectivity index (χ1n) is 5.84. The van der Waals surface area contributed by atoms with E-state index in [1.807, 2.05) is 26.0 Å². The molecule has 0 saturated carbocycles. The predicted molar refractivity (Wildman–Crippen MR) is 63.4 cm³/mol. The van der Waals surface area contributed by atoms with Crippen LogP contribution in [0, 0.1) is 6.92 Å². The number of furan rings is 1. The van der Waals surface area contributed by atoms with Gasteiger partial charge in [0.15, 0.2) is 5.76 Å². The molecule has 5 nitrogen and oxygen atoms in total. The van der Waals surface area contributed by atoms with E-state index < -0.39 is 0 Å². The van der Waals surface area contributed by atoms with Gasteiger partial charge in [-0.05, 0) is 38.9 Å². The van der Waals surface area contributed by atoms with E-state index in [2.05, 4.69) is 22.4 Å². The molecule has 1 N–H and O–H groups in total. The summed E-state index contributed by atoms with van der Waals surface area (Å²) < 4.78 is 11.0. The van der Waals surface area contributed by atoms with E-state index in [0.717, 1.165) is 18.7 Å². The lowest BCUT2D eigenvalue weighted by Gasteiger charge is -2.07. The Hall–Kier alpha value is -1.62. The lowest BCUT2D eigenvalue weighted by Crippen LogP contribution is -2.19. The van der Waals surface area contributed by atoms with Gasteiger partial charge in [-0.25, -0.2) is 0 Å². The van der Waals surface area contributed by atoms with Crippen LogP contribution in [0.25, 0.3) is 11.7 Å². The fourth-order valence-electron chi connectivity index (χ4n) is 1.51. The van der Waals surface area contributed by atoms with E-state index in [-0.39, 0.29) is 6.04 Å². The van der Waals surface area contributed by atoms with Crippen molar-refractivity contribution < 1.29 is 8.83 Å². The van der Waals surface area contributed by atoms with Gasteiger partial charge >= 0.3 is 0 Å². The molecule has 0 saturated heterocycles. The quantitative estimate of drug-likeness (QED) is 0.863. The minimum atomic E-state index is 0.0623. The molecule has 2 aromatic heterocycles. The molecule has 0 aromatic carbocycles. The molecule has 17 heavy (non-hydrogen) atoms. The van der Waals surface area contributed by atoms with E-state index in [0.29, 0.717) is 17.5 Å². The fourth-order valence-corrected chi connectivity index (χ4v) is 1.51. The van der Waals surface area contributed by atoms with Crippen molar-refractivity contribution in [2.75, 3.05) is 6.54 Å². The summed E-state index contributed by atoms with van der Waals surface area (Å²) in [4.78, 5) is 0. The molecule has 0 spiro atoms. The molecule has 92 valence electrons. The smallest absolute Gasteiger partial charge is 0.283 e. The standard InChI is InChI=1S/C12H17N3O2/c1-4-7-13-9(3)11-14-15-12(17-11)10-6-5-8(2)16-10/h5-6,9,13H,4,7H2,1-3H3. The lowest BCUT2D eigenvalue weighted by molar-refractivity contribution is 0.414. The predicted octanol–water partition coefficient (Wildman–Crippen LogP) is 2.70. The van der Waals surface area contributed by atoms with Crippen LogP contribution >= 0.6 is 0 Å². The summed E-state index contributed by atoms with van der Waals surface area (Å²) >= 11 is 0. The highest BCUT2D eigenvalue weighted by Crippen LogP contribution is 2.22. The van der Waals surface area contributed by atoms with Crippen molar-refractivity contribution in [2.24, 2.45) is 0 Å². The second-order valence-electron chi connectivity index (χ2n) is 4.03. The monoisotopic (exact) mass is 235 g/mol. The summed E-state index contributed by atoms with van der Waals surface area (Å²) in [6, 6.07) is 3.77. The SMILES string of the molecule is CCCNC(C)c1nnc(-c2ccc(C)o2)o1. The second-order valence-corrected chi connectivity index (χ2v) is 4.03. The van der Waals surface area contributed by atoms with Gasteiger partial charge in [0.05, 0.1) is 6.04 Å². The van der Waals surface area contributed by atoms with Crippen LogP contribution in [0.2, 0.25) is 0 Å². The molecule has 2 aromatic rings. The molecule has 0 amide bonds. The Balaban J connectivity index is 2.10. The van der Waals surface area contributed by atoms with Gasteiger partial charge in [0.2, 0.25) is 5.89 Å². The van der Waals surface area contributed by atoms with Crippen LogP contribution in [0.3, 0.4) is 0 Å². The Kier molecular flexibility index (Phi) is 3.58. The summed E-state index contributed by atoms with van der Waals surface area (Å²) in [6.07, 6.45) is 1.07. The molecule has 1 unspecified atom stereocenters. The zero-order valence-electron chi connectivity index (χ0n) is 10.4. The molecule has 0 aliphatic heterocycles. The van der Waals surface area contributed by atoms with Crippen molar-refractivity contribution in [3.63, 3.8) is 0 Å². The molecule has 0 radical (unpaired) electrons. The van der Waals surface area contributed by atoms with Gasteiger partial charge in [-0.15, -0.1) is 10.2 Å². The number of rotatable bonds is 5. The Morgan fingerprint density at radius 3 is 2.76 bits per heavy atom. The summed E-state index contributed by atoms with van der Waals surface area (Å²) in [5.74, 6) is 2.46. The van der Waals surface area contributed by atoms with Gasteiger partial charge in [0, 0.05) is 0 Å². The normalized spacial score (nSPS) is 12.9. The van der Waals surface area contributed by atoms with Gasteiger partial charge in [-0.2, -0.15) is 0 Å². The summed E-state index contributed by atoms with van der Waals surface area (Å²) in [6.45, 7) is 6.93. The maximum absolute atomic E-state index is 5.56. The molecular formula is C12H17N3O2. The van der Waals surface area contributed by atoms with Gasteiger partial charge in [-0.1, -0.05) is 6.92 Å². The summed E-state index contributed by atoms with van der Waals surface area (Å²) in [5, 5.41) is 11.3. The number of nitrogens with one attached hydrogen (secondary N) is 1. The van der Waals surface area contributed by atoms with Crippen molar-refractivity contribution in [2.45, 2.75) is 33.2 Å². The first-order chi connectivity index (χ1) is 8.20. The van der Waals surface area contributed by atoms with Crippen molar-refractivity contribution in [1.29, 1.82) is 0 Å². The zero-order valence-corrected chi connectivity index (χ0v) is 10.4. The van der Waals surface area contributed by atoms with Gasteiger partial charge in [0.1, 0.15) is 5.76 Å². The summed E-state index contributed by atoms with van der Waals surface area (Å²) in [5.41, 5.74) is 0. The topological polar surface area (TPSA) is 64.1 Å². The molecule has 2 rings (SSSR count). The van der Waals surface area contributed by atoms with Crippen molar-refractivity contribution >= 4 is 0 Å². The van der Waals surface area contributed by atoms with Crippen LogP contribution in [0.15, 0.2) is 21.0 Å². The number of aromatic nitrogens is 2. The highest BCUT2D eigenvalue weighted by molar-refractivity contribution is 5.43. The second kappa shape index (κ2) is 5.14. The molecule has 2 heterocycles. The van der Waals surface area contributed by atoms with Crippen molar-refractivity contribution in [3.8, 4) is 11.7 Å². The molecule has 0 bridgehead atoms. The minimum Gasteiger partial charge on any atom is -0.456 e. The molecule has 0 aliphatic rings. The highest BCUT2D eigenvalue weighted by Gasteiger charge is 2.15. The zero-order chi connectivity index (χ0) is 12.3. The fraction of sp³-hybridized carbons (Fsp3) is 0.500. The van der Waals surface area contributed by atoms with E-state index in [1.165, 1.54) is 0 Å². The van der Waals surface area contributed by atoms with Crippen LogP contribution in [-0.4, -0.2) is 16.7 Å². The number of aryl methyl sites for hydroxylation is 1. The van der Waals surface area contributed by atoms with Crippen LogP contribution in [0.1, 0.15) is 38.0 Å². The third-order valence-corrected chi connectivity index (χ3v) is 2.46. The van der Waals surface area contributed by atoms with Crippen molar-refractivity contribution in [1.82, 2.24) is 15.5 Å². The Bertz CT molecular complexity index is 476. The Labute approximate surface area is 100 Å². The Morgan fingerprint density at radius 1 is 1.29 bits per heavy atom. The lowest BCUT2D eigenvalue weighted by atomic mass is 10.3. The van der Waals surface area contributed by atoms with Gasteiger partial charge in [-0.3, -0.25) is 0 Å². The largest absolute Gasteiger partial charge is 0.456 e. The molecule has 5 heteroatoms. The average molecular weight is 235 g/mol. The number of hydrogen-bond donors (Lipinski definition) is 1. The maximum atomic E-state index is 5.56. The minimum absolute atomic E-state index is 0.0623. The third-order valence-electron chi connectivity index (χ3n) is 2.46. The molecule has 0 aliphatic carbocycles. The summed E-state index contributed by atoms with van der Waals surface area (Å²) in [7, 11) is 0. The maximum Gasteiger partial charge on any atom is 0.283 e. The van der Waals surface area contributed by atoms with Crippen LogP contribution in [0.4, 0.5) is 0 Å². The van der Waals surface area contributed by atoms with E-state index in [1.54, 1.807) is 0 Å². The number of nitrogens with zero attached hydrogens (tertiary/aromatic N) is 2. The first kappa shape index (κ1) is 11.9. The van der Waals surface area contributed by atoms with E-state index in [4.69, 9.17) is 8.83 Å². The molecular weight excluding hydrogens is 218 g/mol.